The Hall–Kier alpha value is -2.67. The molecule has 2 aliphatic rings. The fourth-order valence-corrected chi connectivity index (χ4v) is 4.60. The Morgan fingerprint density at radius 3 is 2.53 bits per heavy atom. The van der Waals surface area contributed by atoms with E-state index in [0.29, 0.717) is 12.4 Å². The minimum absolute atomic E-state index is 0.0592. The molecular weight excluding hydrogens is 402 g/mol. The highest BCUT2D eigenvalue weighted by Gasteiger charge is 2.30. The number of benzene rings is 2. The van der Waals surface area contributed by atoms with Gasteiger partial charge in [0.15, 0.2) is 0 Å². The molecule has 2 amide bonds. The lowest BCUT2D eigenvalue weighted by atomic mass is 9.92. The minimum Gasteiger partial charge on any atom is -0.507 e. The molecule has 1 unspecified atom stereocenters. The molecule has 0 aliphatic carbocycles. The summed E-state index contributed by atoms with van der Waals surface area (Å²) in [6.07, 6.45) is 1.61. The van der Waals surface area contributed by atoms with Crippen LogP contribution in [0.1, 0.15) is 34.2 Å². The van der Waals surface area contributed by atoms with E-state index in [9.17, 15) is 14.7 Å². The zero-order valence-corrected chi connectivity index (χ0v) is 18.2. The number of nitrogens with zero attached hydrogens (tertiary/aromatic N) is 1. The topological polar surface area (TPSA) is 76.1 Å². The fraction of sp³-hybridized carbons (Fsp3) is 0.391. The van der Waals surface area contributed by atoms with Gasteiger partial charge in [0.2, 0.25) is 5.91 Å². The first-order chi connectivity index (χ1) is 14.3. The molecule has 158 valence electrons. The van der Waals surface area contributed by atoms with Crippen molar-refractivity contribution < 1.29 is 24.2 Å². The van der Waals surface area contributed by atoms with Crippen LogP contribution in [0.15, 0.2) is 24.3 Å². The first-order valence-corrected chi connectivity index (χ1v) is 11.0. The highest BCUT2D eigenvalue weighted by molar-refractivity contribution is 8.14. The molecule has 0 spiro atoms. The molecule has 1 atom stereocenters. The maximum Gasteiger partial charge on any atom is 0.289 e. The maximum atomic E-state index is 11.7. The van der Waals surface area contributed by atoms with Crippen molar-refractivity contribution in [1.29, 1.82) is 0 Å². The summed E-state index contributed by atoms with van der Waals surface area (Å²) in [6.45, 7) is 6.54. The number of amides is 2. The molecule has 0 radical (unpaired) electrons. The third kappa shape index (κ3) is 3.86. The van der Waals surface area contributed by atoms with E-state index >= 15 is 0 Å². The number of aromatic hydroxyl groups is 1. The van der Waals surface area contributed by atoms with E-state index in [1.165, 1.54) is 4.90 Å². The number of carbonyl (C=O) groups is 2. The van der Waals surface area contributed by atoms with Gasteiger partial charge in [-0.2, -0.15) is 0 Å². The van der Waals surface area contributed by atoms with E-state index < -0.39 is 0 Å². The van der Waals surface area contributed by atoms with Crippen LogP contribution in [0.2, 0.25) is 0 Å². The molecule has 0 bridgehead atoms. The summed E-state index contributed by atoms with van der Waals surface area (Å²) in [6, 6.07) is 7.44. The Morgan fingerprint density at radius 2 is 1.87 bits per heavy atom. The highest BCUT2D eigenvalue weighted by Crippen LogP contribution is 2.40. The van der Waals surface area contributed by atoms with E-state index in [2.05, 4.69) is 0 Å². The van der Waals surface area contributed by atoms with Crippen LogP contribution >= 0.6 is 11.8 Å². The Kier molecular flexibility index (Phi) is 5.64. The Bertz CT molecular complexity index is 986. The van der Waals surface area contributed by atoms with E-state index in [-0.39, 0.29) is 29.5 Å². The van der Waals surface area contributed by atoms with Gasteiger partial charge in [-0.15, -0.1) is 0 Å². The monoisotopic (exact) mass is 427 g/mol. The first kappa shape index (κ1) is 20.6. The average Bonchev–Trinajstić information content (AvgIpc) is 3.07. The van der Waals surface area contributed by atoms with Crippen molar-refractivity contribution in [2.24, 2.45) is 0 Å². The Morgan fingerprint density at radius 1 is 1.13 bits per heavy atom. The second-order valence-corrected chi connectivity index (χ2v) is 8.73. The molecule has 0 saturated carbocycles. The summed E-state index contributed by atoms with van der Waals surface area (Å²) >= 11 is 1.04. The van der Waals surface area contributed by atoms with Crippen molar-refractivity contribution in [3.05, 3.63) is 52.1 Å². The summed E-state index contributed by atoms with van der Waals surface area (Å²) in [5, 5.41) is 10.1. The molecular formula is C23H25NO5S. The molecule has 0 aromatic heterocycles. The number of imide groups is 1. The van der Waals surface area contributed by atoms with Crippen molar-refractivity contribution in [3.63, 3.8) is 0 Å². The second-order valence-electron chi connectivity index (χ2n) is 7.80. The molecule has 2 aliphatic heterocycles. The average molecular weight is 428 g/mol. The number of ether oxygens (including phenoxy) is 2. The minimum atomic E-state index is -0.191. The largest absolute Gasteiger partial charge is 0.507 e. The van der Waals surface area contributed by atoms with Crippen LogP contribution in [0.25, 0.3) is 0 Å². The predicted molar refractivity (Wildman–Crippen MR) is 115 cm³/mol. The van der Waals surface area contributed by atoms with Gasteiger partial charge in [-0.1, -0.05) is 23.9 Å². The number of thioether (sulfide) groups is 1. The highest BCUT2D eigenvalue weighted by atomic mass is 32.2. The van der Waals surface area contributed by atoms with E-state index in [4.69, 9.17) is 9.47 Å². The van der Waals surface area contributed by atoms with Crippen molar-refractivity contribution in [2.75, 3.05) is 12.4 Å². The Balaban J connectivity index is 1.37. The van der Waals surface area contributed by atoms with Crippen molar-refractivity contribution in [2.45, 2.75) is 46.3 Å². The molecule has 2 heterocycles. The van der Waals surface area contributed by atoms with Gasteiger partial charge in [0.25, 0.3) is 5.24 Å². The SMILES string of the molecule is Cc1c(C)c2c(c(C)c1O)CCC(COc1ccc(CN3C(=O)CSC3=O)cc1)O2. The Labute approximate surface area is 180 Å². The molecule has 4 rings (SSSR count). The van der Waals surface area contributed by atoms with Crippen molar-refractivity contribution in [3.8, 4) is 17.2 Å². The van der Waals surface area contributed by atoms with Crippen LogP contribution in [0.3, 0.4) is 0 Å². The molecule has 1 N–H and O–H groups in total. The van der Waals surface area contributed by atoms with E-state index in [1.807, 2.05) is 45.0 Å². The van der Waals surface area contributed by atoms with Crippen LogP contribution in [0.4, 0.5) is 4.79 Å². The van der Waals surface area contributed by atoms with Gasteiger partial charge in [-0.3, -0.25) is 14.5 Å². The summed E-state index contributed by atoms with van der Waals surface area (Å²) in [5.41, 5.74) is 4.70. The summed E-state index contributed by atoms with van der Waals surface area (Å²) < 4.78 is 12.1. The van der Waals surface area contributed by atoms with Gasteiger partial charge < -0.3 is 14.6 Å². The van der Waals surface area contributed by atoms with Crippen LogP contribution in [-0.4, -0.2) is 39.6 Å². The molecule has 30 heavy (non-hydrogen) atoms. The molecule has 1 saturated heterocycles. The zero-order valence-electron chi connectivity index (χ0n) is 17.4. The number of hydrogen-bond acceptors (Lipinski definition) is 6. The molecule has 2 aromatic carbocycles. The lowest BCUT2D eigenvalue weighted by molar-refractivity contribution is -0.125. The van der Waals surface area contributed by atoms with Crippen LogP contribution in [-0.2, 0) is 17.8 Å². The number of hydrogen-bond donors (Lipinski definition) is 1. The third-order valence-corrected chi connectivity index (χ3v) is 6.74. The second kappa shape index (κ2) is 8.22. The number of rotatable bonds is 5. The standard InChI is InChI=1S/C23H25NO5S/c1-13-14(2)22-19(15(3)21(13)26)9-8-18(29-22)11-28-17-6-4-16(5-7-17)10-24-20(25)12-30-23(24)27/h4-7,18,26H,8-12H2,1-3H3. The number of fused-ring (bicyclic) bond motifs is 1. The zero-order chi connectivity index (χ0) is 21.4. The van der Waals surface area contributed by atoms with Gasteiger partial charge >= 0.3 is 0 Å². The van der Waals surface area contributed by atoms with Gasteiger partial charge in [0.05, 0.1) is 12.3 Å². The van der Waals surface area contributed by atoms with Crippen molar-refractivity contribution >= 4 is 22.9 Å². The lowest BCUT2D eigenvalue weighted by Gasteiger charge is -2.30. The third-order valence-electron chi connectivity index (χ3n) is 5.88. The van der Waals surface area contributed by atoms with Crippen LogP contribution in [0, 0.1) is 20.8 Å². The summed E-state index contributed by atoms with van der Waals surface area (Å²) in [4.78, 5) is 24.7. The van der Waals surface area contributed by atoms with Gasteiger partial charge in [0, 0.05) is 5.56 Å². The van der Waals surface area contributed by atoms with E-state index in [0.717, 1.165) is 63.9 Å². The van der Waals surface area contributed by atoms with Crippen molar-refractivity contribution in [1.82, 2.24) is 4.90 Å². The fourth-order valence-electron chi connectivity index (χ4n) is 3.87. The molecule has 6 nitrogen and oxygen atoms in total. The summed E-state index contributed by atoms with van der Waals surface area (Å²) in [5.74, 6) is 2.03. The predicted octanol–water partition coefficient (Wildman–Crippen LogP) is 4.29. The van der Waals surface area contributed by atoms with Gasteiger partial charge in [-0.05, 0) is 68.0 Å². The quantitative estimate of drug-likeness (QED) is 0.767. The smallest absolute Gasteiger partial charge is 0.289 e. The van der Waals surface area contributed by atoms with E-state index in [1.54, 1.807) is 0 Å². The van der Waals surface area contributed by atoms with Crippen LogP contribution < -0.4 is 9.47 Å². The molecule has 7 heteroatoms. The van der Waals surface area contributed by atoms with Crippen LogP contribution in [0.5, 0.6) is 17.2 Å². The lowest BCUT2D eigenvalue weighted by Crippen LogP contribution is -2.30. The van der Waals surface area contributed by atoms with Gasteiger partial charge in [-0.25, -0.2) is 0 Å². The maximum absolute atomic E-state index is 11.7. The van der Waals surface area contributed by atoms with Gasteiger partial charge in [0.1, 0.15) is 30.0 Å². The number of phenols is 1. The molecule has 2 aromatic rings. The first-order valence-electron chi connectivity index (χ1n) is 10.0. The number of carbonyl (C=O) groups excluding carboxylic acids is 2. The summed E-state index contributed by atoms with van der Waals surface area (Å²) in [7, 11) is 0. The number of phenolic OH excluding ortho intramolecular Hbond substituents is 1. The normalized spacial score (nSPS) is 18.4. The molecule has 1 fully saturated rings.